The Morgan fingerprint density at radius 3 is 1.65 bits per heavy atom. The fourth-order valence-corrected chi connectivity index (χ4v) is 4.28. The van der Waals surface area contributed by atoms with E-state index in [0.717, 1.165) is 19.3 Å². The summed E-state index contributed by atoms with van der Waals surface area (Å²) in [4.78, 5) is 41.5. The number of phosphoric acid groups is 1. The molecule has 202 valence electrons. The van der Waals surface area contributed by atoms with Gasteiger partial charge >= 0.3 is 13.8 Å². The van der Waals surface area contributed by atoms with Crippen molar-refractivity contribution in [3.8, 4) is 0 Å². The average Bonchev–Trinajstić information content (AvgIpc) is 2.77. The van der Waals surface area contributed by atoms with E-state index in [1.165, 1.54) is 77.0 Å². The molecule has 0 bridgehead atoms. The molecular weight excluding hydrogens is 457 g/mol. The second-order valence-electron chi connectivity index (χ2n) is 9.15. The van der Waals surface area contributed by atoms with Gasteiger partial charge in [-0.05, 0) is 12.8 Å². The van der Waals surface area contributed by atoms with Crippen LogP contribution in [-0.2, 0) is 23.4 Å². The highest BCUT2D eigenvalue weighted by atomic mass is 31.2. The Kier molecular flexibility index (Phi) is 21.9. The molecule has 0 aliphatic carbocycles. The van der Waals surface area contributed by atoms with Crippen LogP contribution in [0.1, 0.15) is 129 Å². The van der Waals surface area contributed by atoms with Gasteiger partial charge in [0.05, 0.1) is 0 Å². The molecule has 0 aliphatic heterocycles. The number of hydrogen-bond acceptors (Lipinski definition) is 5. The molecule has 0 aliphatic rings. The Bertz CT molecular complexity index is 553. The van der Waals surface area contributed by atoms with Gasteiger partial charge in [0, 0.05) is 19.4 Å². The highest BCUT2D eigenvalue weighted by molar-refractivity contribution is 7.46. The summed E-state index contributed by atoms with van der Waals surface area (Å²) in [5.41, 5.74) is 0. The summed E-state index contributed by atoms with van der Waals surface area (Å²) in [5, 5.41) is 2.61. The van der Waals surface area contributed by atoms with Crippen LogP contribution in [0.2, 0.25) is 0 Å². The van der Waals surface area contributed by atoms with Crippen LogP contribution >= 0.6 is 7.82 Å². The van der Waals surface area contributed by atoms with Crippen LogP contribution in [0.4, 0.5) is 0 Å². The quantitative estimate of drug-likeness (QED) is 0.0809. The SMILES string of the molecule is CCCCCCCCCCCCCCCCCC(=O)NC[C@H](COC(=O)CCC)OP(=O)(O)O. The molecule has 0 heterocycles. The van der Waals surface area contributed by atoms with Crippen LogP contribution in [0.15, 0.2) is 0 Å². The molecule has 0 radical (unpaired) electrons. The zero-order chi connectivity index (χ0) is 25.5. The summed E-state index contributed by atoms with van der Waals surface area (Å²) in [7, 11) is -4.75. The van der Waals surface area contributed by atoms with Gasteiger partial charge in [-0.3, -0.25) is 14.1 Å². The minimum absolute atomic E-state index is 0.123. The molecule has 0 aromatic carbocycles. The van der Waals surface area contributed by atoms with E-state index in [2.05, 4.69) is 16.8 Å². The van der Waals surface area contributed by atoms with E-state index in [0.29, 0.717) is 12.8 Å². The third-order valence-corrected chi connectivity index (χ3v) is 6.28. The summed E-state index contributed by atoms with van der Waals surface area (Å²) in [5.74, 6) is -0.667. The lowest BCUT2D eigenvalue weighted by molar-refractivity contribution is -0.146. The second-order valence-corrected chi connectivity index (χ2v) is 10.3. The molecule has 3 N–H and O–H groups in total. The van der Waals surface area contributed by atoms with E-state index < -0.39 is 19.9 Å². The van der Waals surface area contributed by atoms with Crippen molar-refractivity contribution < 1.29 is 33.2 Å². The first kappa shape index (κ1) is 33.0. The van der Waals surface area contributed by atoms with Crippen molar-refractivity contribution in [2.75, 3.05) is 13.2 Å². The fourth-order valence-electron chi connectivity index (χ4n) is 3.76. The van der Waals surface area contributed by atoms with Gasteiger partial charge < -0.3 is 19.8 Å². The van der Waals surface area contributed by atoms with Crippen molar-refractivity contribution in [3.05, 3.63) is 0 Å². The van der Waals surface area contributed by atoms with Crippen molar-refractivity contribution >= 4 is 19.7 Å². The minimum atomic E-state index is -4.75. The number of carbonyl (C=O) groups is 2. The van der Waals surface area contributed by atoms with Crippen LogP contribution in [0.25, 0.3) is 0 Å². The second kappa shape index (κ2) is 22.5. The van der Waals surface area contributed by atoms with E-state index in [9.17, 15) is 14.2 Å². The molecule has 1 amide bonds. The molecule has 0 saturated carbocycles. The lowest BCUT2D eigenvalue weighted by Gasteiger charge is -2.18. The maximum atomic E-state index is 12.0. The monoisotopic (exact) mass is 507 g/mol. The number of rotatable bonds is 24. The first-order valence-corrected chi connectivity index (χ1v) is 15.0. The Hall–Kier alpha value is -0.950. The molecule has 1 atom stereocenters. The van der Waals surface area contributed by atoms with E-state index in [-0.39, 0.29) is 25.5 Å². The molecule has 0 aromatic rings. The molecule has 0 unspecified atom stereocenters. The first-order chi connectivity index (χ1) is 16.3. The summed E-state index contributed by atoms with van der Waals surface area (Å²) < 4.78 is 20.7. The molecule has 0 spiro atoms. The van der Waals surface area contributed by atoms with E-state index in [1.54, 1.807) is 0 Å². The fraction of sp³-hybridized carbons (Fsp3) is 0.920. The van der Waals surface area contributed by atoms with Crippen molar-refractivity contribution in [3.63, 3.8) is 0 Å². The molecule has 0 aromatic heterocycles. The Morgan fingerprint density at radius 1 is 0.735 bits per heavy atom. The van der Waals surface area contributed by atoms with Crippen molar-refractivity contribution in [1.82, 2.24) is 5.32 Å². The zero-order valence-electron chi connectivity index (χ0n) is 21.6. The van der Waals surface area contributed by atoms with Gasteiger partial charge in [0.1, 0.15) is 12.7 Å². The number of unbranched alkanes of at least 4 members (excludes halogenated alkanes) is 14. The number of ether oxygens (including phenoxy) is 1. The predicted octanol–water partition coefficient (Wildman–Crippen LogP) is 6.19. The number of carbonyl (C=O) groups excluding carboxylic acids is 2. The largest absolute Gasteiger partial charge is 0.470 e. The Morgan fingerprint density at radius 2 is 1.21 bits per heavy atom. The Balaban J connectivity index is 3.71. The lowest BCUT2D eigenvalue weighted by atomic mass is 10.0. The van der Waals surface area contributed by atoms with Crippen LogP contribution in [0.5, 0.6) is 0 Å². The lowest BCUT2D eigenvalue weighted by Crippen LogP contribution is -2.36. The number of esters is 1. The molecule has 34 heavy (non-hydrogen) atoms. The van der Waals surface area contributed by atoms with Crippen LogP contribution in [0, 0.1) is 0 Å². The van der Waals surface area contributed by atoms with Crippen molar-refractivity contribution in [2.45, 2.75) is 136 Å². The highest BCUT2D eigenvalue weighted by Gasteiger charge is 2.24. The zero-order valence-corrected chi connectivity index (χ0v) is 22.5. The van der Waals surface area contributed by atoms with E-state index in [1.807, 2.05) is 6.92 Å². The topological polar surface area (TPSA) is 122 Å². The Labute approximate surface area is 207 Å². The molecule has 0 saturated heterocycles. The van der Waals surface area contributed by atoms with Crippen molar-refractivity contribution in [1.29, 1.82) is 0 Å². The minimum Gasteiger partial charge on any atom is -0.463 e. The summed E-state index contributed by atoms with van der Waals surface area (Å²) in [6, 6.07) is 0. The number of hydrogen-bond donors (Lipinski definition) is 3. The number of phosphoric ester groups is 1. The third-order valence-electron chi connectivity index (χ3n) is 5.71. The molecule has 8 nitrogen and oxygen atoms in total. The van der Waals surface area contributed by atoms with Crippen LogP contribution < -0.4 is 5.32 Å². The third kappa shape index (κ3) is 24.2. The van der Waals surface area contributed by atoms with Gasteiger partial charge in [0.15, 0.2) is 0 Å². The van der Waals surface area contributed by atoms with Gasteiger partial charge in [-0.2, -0.15) is 0 Å². The summed E-state index contributed by atoms with van der Waals surface area (Å²) in [6.45, 7) is 3.63. The van der Waals surface area contributed by atoms with Crippen LogP contribution in [0.3, 0.4) is 0 Å². The smallest absolute Gasteiger partial charge is 0.463 e. The van der Waals surface area contributed by atoms with Crippen molar-refractivity contribution in [2.24, 2.45) is 0 Å². The molecular formula is C25H50NO7P. The standard InChI is InChI=1S/C25H50NO7P/c1-3-5-6-7-8-9-10-11-12-13-14-15-16-17-18-20-24(27)26-21-23(33-34(29,30)31)22-32-25(28)19-4-2/h23H,3-22H2,1-2H3,(H,26,27)(H2,29,30,31)/t23-/m1/s1. The predicted molar refractivity (Wildman–Crippen MR) is 135 cm³/mol. The van der Waals surface area contributed by atoms with Crippen LogP contribution in [-0.4, -0.2) is 40.9 Å². The van der Waals surface area contributed by atoms with E-state index >= 15 is 0 Å². The average molecular weight is 508 g/mol. The number of amides is 1. The van der Waals surface area contributed by atoms with Gasteiger partial charge in [-0.1, -0.05) is 104 Å². The first-order valence-electron chi connectivity index (χ1n) is 13.4. The normalized spacial score (nSPS) is 12.5. The van der Waals surface area contributed by atoms with Gasteiger partial charge in [0.2, 0.25) is 5.91 Å². The maximum Gasteiger partial charge on any atom is 0.470 e. The molecule has 0 rings (SSSR count). The number of nitrogens with one attached hydrogen (secondary N) is 1. The van der Waals surface area contributed by atoms with Gasteiger partial charge in [0.25, 0.3) is 0 Å². The molecule has 0 fully saturated rings. The molecule has 9 heteroatoms. The van der Waals surface area contributed by atoms with E-state index in [4.69, 9.17) is 14.5 Å². The maximum absolute atomic E-state index is 12.0. The summed E-state index contributed by atoms with van der Waals surface area (Å²) in [6.07, 6.45) is 19.0. The van der Waals surface area contributed by atoms with Gasteiger partial charge in [-0.25, -0.2) is 4.57 Å². The summed E-state index contributed by atoms with van der Waals surface area (Å²) >= 11 is 0. The highest BCUT2D eigenvalue weighted by Crippen LogP contribution is 2.37. The van der Waals surface area contributed by atoms with Gasteiger partial charge in [-0.15, -0.1) is 0 Å².